The molecule has 0 unspecified atom stereocenters. The first-order valence-corrected chi connectivity index (χ1v) is 8.03. The van der Waals surface area contributed by atoms with Crippen molar-refractivity contribution >= 4 is 22.8 Å². The van der Waals surface area contributed by atoms with E-state index in [1.54, 1.807) is 0 Å². The van der Waals surface area contributed by atoms with Crippen molar-refractivity contribution in [1.29, 1.82) is 0 Å². The van der Waals surface area contributed by atoms with Crippen molar-refractivity contribution in [3.8, 4) is 0 Å². The predicted octanol–water partition coefficient (Wildman–Crippen LogP) is 6.13. The second-order valence-corrected chi connectivity index (χ2v) is 5.38. The maximum atomic E-state index is 4.81. The Kier molecular flexibility index (Phi) is 9.36. The van der Waals surface area contributed by atoms with Crippen LogP contribution in [0.25, 0.3) is 0 Å². The van der Waals surface area contributed by atoms with E-state index in [0.29, 0.717) is 0 Å². The van der Waals surface area contributed by atoms with Crippen LogP contribution in [0.4, 0.5) is 11.4 Å². The molecule has 0 bridgehead atoms. The number of para-hydroxylation sites is 2. The second-order valence-electron chi connectivity index (χ2n) is 5.38. The van der Waals surface area contributed by atoms with Crippen molar-refractivity contribution in [2.24, 2.45) is 9.98 Å². The Balaban J connectivity index is 0.00000264. The third kappa shape index (κ3) is 7.03. The molecule has 0 fully saturated rings. The van der Waals surface area contributed by atoms with E-state index >= 15 is 0 Å². The molecule has 0 N–H and O–H groups in total. The molecule has 0 aliphatic heterocycles. The molecule has 23 heavy (non-hydrogen) atoms. The zero-order chi connectivity index (χ0) is 15.6. The number of benzene rings is 2. The van der Waals surface area contributed by atoms with Gasteiger partial charge in [0.15, 0.2) is 0 Å². The number of nitrogens with zero attached hydrogens (tertiary/aromatic N) is 2. The monoisotopic (exact) mass is 398 g/mol. The molecule has 2 rings (SSSR count). The van der Waals surface area contributed by atoms with Crippen LogP contribution in [0, 0.1) is 0 Å². The van der Waals surface area contributed by atoms with Gasteiger partial charge in [0.1, 0.15) is 0 Å². The average Bonchev–Trinajstić information content (AvgIpc) is 2.56. The summed E-state index contributed by atoms with van der Waals surface area (Å²) in [7, 11) is 0. The molecule has 0 amide bonds. The van der Waals surface area contributed by atoms with Gasteiger partial charge in [-0.1, -0.05) is 56.2 Å². The normalized spacial score (nSPS) is 11.9. The molecule has 0 aliphatic carbocycles. The van der Waals surface area contributed by atoms with Crippen LogP contribution >= 0.6 is 0 Å². The number of hydrogen-bond donors (Lipinski definition) is 0. The van der Waals surface area contributed by atoms with Gasteiger partial charge in [-0.25, -0.2) is 0 Å². The molecule has 2 aromatic carbocycles. The third-order valence-electron chi connectivity index (χ3n) is 3.51. The predicted molar refractivity (Wildman–Crippen MR) is 96.9 cm³/mol. The fraction of sp³-hybridized carbons (Fsp3) is 0.300. The molecule has 2 nitrogen and oxygen atoms in total. The van der Waals surface area contributed by atoms with Crippen molar-refractivity contribution < 1.29 is 20.4 Å². The number of aliphatic imine (C=N–C) groups is 2. The molecule has 124 valence electrons. The van der Waals surface area contributed by atoms with Gasteiger partial charge in [-0.15, -0.1) is 0 Å². The minimum atomic E-state index is 0. The number of hydrogen-bond acceptors (Lipinski definition) is 2. The Bertz CT molecular complexity index is 619. The van der Waals surface area contributed by atoms with Crippen LogP contribution in [0.3, 0.4) is 0 Å². The van der Waals surface area contributed by atoms with Crippen LogP contribution < -0.4 is 0 Å². The molecule has 0 heterocycles. The summed E-state index contributed by atoms with van der Waals surface area (Å²) in [5.74, 6) is 0. The van der Waals surface area contributed by atoms with Crippen LogP contribution in [0.1, 0.15) is 39.5 Å². The van der Waals surface area contributed by atoms with E-state index < -0.39 is 0 Å². The second kappa shape index (κ2) is 11.1. The number of unbranched alkanes of at least 4 members (excludes halogenated alkanes) is 2. The van der Waals surface area contributed by atoms with Gasteiger partial charge >= 0.3 is 0 Å². The summed E-state index contributed by atoms with van der Waals surface area (Å²) < 4.78 is 0. The van der Waals surface area contributed by atoms with Crippen LogP contribution in [-0.2, 0) is 20.4 Å². The minimum Gasteiger partial charge on any atom is -0.252 e. The van der Waals surface area contributed by atoms with Gasteiger partial charge in [-0.05, 0) is 44.0 Å². The van der Waals surface area contributed by atoms with Crippen LogP contribution in [0.2, 0.25) is 0 Å². The van der Waals surface area contributed by atoms with E-state index in [1.165, 1.54) is 12.8 Å². The zero-order valence-corrected chi connectivity index (χ0v) is 15.4. The fourth-order valence-corrected chi connectivity index (χ4v) is 2.28. The molecule has 0 atom stereocenters. The molecule has 0 aliphatic rings. The third-order valence-corrected chi connectivity index (χ3v) is 3.51. The number of rotatable bonds is 7. The summed E-state index contributed by atoms with van der Waals surface area (Å²) in [6.07, 6.45) is 4.58. The molecule has 0 radical (unpaired) electrons. The minimum absolute atomic E-state index is 0. The molecular formula is C20H24N2Pd. The average molecular weight is 399 g/mol. The van der Waals surface area contributed by atoms with Crippen molar-refractivity contribution in [2.45, 2.75) is 39.5 Å². The molecule has 2 aromatic rings. The van der Waals surface area contributed by atoms with E-state index in [4.69, 9.17) is 9.98 Å². The quantitative estimate of drug-likeness (QED) is 0.304. The summed E-state index contributed by atoms with van der Waals surface area (Å²) in [4.78, 5) is 9.53. The fourth-order valence-electron chi connectivity index (χ4n) is 2.28. The van der Waals surface area contributed by atoms with Crippen molar-refractivity contribution in [3.05, 3.63) is 60.7 Å². The van der Waals surface area contributed by atoms with Gasteiger partial charge in [0.2, 0.25) is 0 Å². The van der Waals surface area contributed by atoms with Gasteiger partial charge in [0, 0.05) is 20.4 Å². The Morgan fingerprint density at radius 2 is 1.30 bits per heavy atom. The van der Waals surface area contributed by atoms with Crippen molar-refractivity contribution in [3.63, 3.8) is 0 Å². The van der Waals surface area contributed by atoms with Crippen LogP contribution in [0.5, 0.6) is 0 Å². The maximum Gasteiger partial charge on any atom is 0.0633 e. The van der Waals surface area contributed by atoms with Gasteiger partial charge in [0.05, 0.1) is 22.8 Å². The van der Waals surface area contributed by atoms with Gasteiger partial charge < -0.3 is 0 Å². The van der Waals surface area contributed by atoms with Crippen molar-refractivity contribution in [2.75, 3.05) is 0 Å². The summed E-state index contributed by atoms with van der Waals surface area (Å²) >= 11 is 0. The summed E-state index contributed by atoms with van der Waals surface area (Å²) in [6.45, 7) is 4.28. The van der Waals surface area contributed by atoms with Gasteiger partial charge in [-0.3, -0.25) is 9.98 Å². The Morgan fingerprint density at radius 1 is 0.783 bits per heavy atom. The van der Waals surface area contributed by atoms with Crippen molar-refractivity contribution in [1.82, 2.24) is 0 Å². The Hall–Kier alpha value is -1.56. The van der Waals surface area contributed by atoms with E-state index in [-0.39, 0.29) is 20.4 Å². The molecule has 3 heteroatoms. The van der Waals surface area contributed by atoms with E-state index in [1.807, 2.05) is 60.7 Å². The largest absolute Gasteiger partial charge is 0.252 e. The Labute approximate surface area is 153 Å². The summed E-state index contributed by atoms with van der Waals surface area (Å²) in [5.41, 5.74) is 4.07. The zero-order valence-electron chi connectivity index (χ0n) is 13.8. The van der Waals surface area contributed by atoms with Crippen LogP contribution in [-0.4, -0.2) is 11.4 Å². The smallest absolute Gasteiger partial charge is 0.0633 e. The molecule has 0 spiro atoms. The Morgan fingerprint density at radius 3 is 1.83 bits per heavy atom. The topological polar surface area (TPSA) is 24.7 Å². The van der Waals surface area contributed by atoms with E-state index in [9.17, 15) is 0 Å². The first-order valence-electron chi connectivity index (χ1n) is 8.03. The molecular weight excluding hydrogens is 375 g/mol. The standard InChI is InChI=1S/C20H24N2.Pd/c1-3-4-7-16-20(22-19-14-10-6-11-15-19)17(2)21-18-12-8-5-9-13-18;/h5-6,8-15H,3-4,7,16H2,1-2H3;. The first-order chi connectivity index (χ1) is 10.8. The van der Waals surface area contributed by atoms with E-state index in [2.05, 4.69) is 13.8 Å². The van der Waals surface area contributed by atoms with Gasteiger partial charge in [-0.2, -0.15) is 0 Å². The first kappa shape index (κ1) is 19.5. The van der Waals surface area contributed by atoms with E-state index in [0.717, 1.165) is 35.6 Å². The summed E-state index contributed by atoms with van der Waals surface area (Å²) in [5, 5.41) is 0. The molecule has 0 aromatic heterocycles. The SMILES string of the molecule is CCCCCC(=Nc1ccccc1)C(C)=Nc1ccccc1.[Pd]. The van der Waals surface area contributed by atoms with Gasteiger partial charge in [0.25, 0.3) is 0 Å². The molecule has 0 saturated heterocycles. The van der Waals surface area contributed by atoms with Crippen LogP contribution in [0.15, 0.2) is 70.6 Å². The summed E-state index contributed by atoms with van der Waals surface area (Å²) in [6, 6.07) is 20.2. The maximum absolute atomic E-state index is 4.81. The molecule has 0 saturated carbocycles.